The van der Waals surface area contributed by atoms with E-state index in [1.165, 1.54) is 28.7 Å². The molecule has 0 fully saturated rings. The van der Waals surface area contributed by atoms with Crippen LogP contribution in [0.3, 0.4) is 0 Å². The van der Waals surface area contributed by atoms with Crippen LogP contribution >= 0.6 is 0 Å². The molecule has 0 aliphatic rings. The molecule has 2 N–H and O–H groups in total. The number of aryl methyl sites for hydroxylation is 3. The Hall–Kier alpha value is -0.860. The average Bonchev–Trinajstić information content (AvgIpc) is 2.36. The Morgan fingerprint density at radius 2 is 1.67 bits per heavy atom. The minimum absolute atomic E-state index is 0.163. The second kappa shape index (κ2) is 7.42. The number of hydrogen-bond acceptors (Lipinski definition) is 2. The predicted molar refractivity (Wildman–Crippen MR) is 93.8 cm³/mol. The highest BCUT2D eigenvalue weighted by atomic mass is 15.2. The Kier molecular flexibility index (Phi) is 6.42. The third-order valence-electron chi connectivity index (χ3n) is 4.40. The zero-order chi connectivity index (χ0) is 16.2. The first-order valence-electron chi connectivity index (χ1n) is 8.23. The van der Waals surface area contributed by atoms with Crippen molar-refractivity contribution in [2.75, 3.05) is 19.6 Å². The van der Waals surface area contributed by atoms with Gasteiger partial charge in [0.05, 0.1) is 0 Å². The van der Waals surface area contributed by atoms with Gasteiger partial charge in [-0.1, -0.05) is 38.5 Å². The lowest BCUT2D eigenvalue weighted by molar-refractivity contribution is 0.140. The van der Waals surface area contributed by atoms with E-state index < -0.39 is 0 Å². The fraction of sp³-hybridized carbons (Fsp3) is 0.684. The maximum atomic E-state index is 5.94. The van der Waals surface area contributed by atoms with Crippen LogP contribution in [0.5, 0.6) is 0 Å². The van der Waals surface area contributed by atoms with Crippen LogP contribution in [0.25, 0.3) is 0 Å². The summed E-state index contributed by atoms with van der Waals surface area (Å²) in [6, 6.07) is 5.05. The summed E-state index contributed by atoms with van der Waals surface area (Å²) < 4.78 is 0. The molecule has 2 heteroatoms. The molecule has 0 radical (unpaired) electrons. The molecule has 1 rings (SSSR count). The first-order valence-corrected chi connectivity index (χ1v) is 8.23. The number of hydrogen-bond donors (Lipinski definition) is 1. The normalized spacial score (nSPS) is 13.8. The second-order valence-corrected chi connectivity index (χ2v) is 7.33. The Morgan fingerprint density at radius 3 is 2.10 bits per heavy atom. The average molecular weight is 290 g/mol. The van der Waals surface area contributed by atoms with Crippen LogP contribution in [0.4, 0.5) is 0 Å². The summed E-state index contributed by atoms with van der Waals surface area (Å²) in [7, 11) is 0. The monoisotopic (exact) mass is 290 g/mol. The van der Waals surface area contributed by atoms with Gasteiger partial charge in [-0.3, -0.25) is 4.90 Å². The minimum atomic E-state index is 0.163. The van der Waals surface area contributed by atoms with Gasteiger partial charge in [0.2, 0.25) is 0 Å². The van der Waals surface area contributed by atoms with E-state index in [0.717, 1.165) is 19.6 Å². The van der Waals surface area contributed by atoms with Gasteiger partial charge in [0.1, 0.15) is 0 Å². The van der Waals surface area contributed by atoms with E-state index in [1.807, 2.05) is 0 Å². The van der Waals surface area contributed by atoms with Crippen LogP contribution in [0.15, 0.2) is 12.1 Å². The van der Waals surface area contributed by atoms with Crippen LogP contribution in [0.2, 0.25) is 0 Å². The largest absolute Gasteiger partial charge is 0.330 e. The van der Waals surface area contributed by atoms with Gasteiger partial charge in [-0.2, -0.15) is 0 Å². The molecule has 1 aromatic rings. The fourth-order valence-electron chi connectivity index (χ4n) is 3.34. The third kappa shape index (κ3) is 4.82. The Bertz CT molecular complexity index is 440. The summed E-state index contributed by atoms with van der Waals surface area (Å²) >= 11 is 0. The summed E-state index contributed by atoms with van der Waals surface area (Å²) in [5.41, 5.74) is 11.8. The molecule has 0 aliphatic heterocycles. The summed E-state index contributed by atoms with van der Waals surface area (Å²) in [4.78, 5) is 2.59. The number of rotatable bonds is 7. The molecule has 1 atom stereocenters. The van der Waals surface area contributed by atoms with Crippen molar-refractivity contribution in [3.05, 3.63) is 34.4 Å². The highest BCUT2D eigenvalue weighted by molar-refractivity contribution is 5.39. The van der Waals surface area contributed by atoms with Crippen molar-refractivity contribution < 1.29 is 0 Å². The fourth-order valence-corrected chi connectivity index (χ4v) is 3.34. The molecular weight excluding hydrogens is 256 g/mol. The zero-order valence-corrected chi connectivity index (χ0v) is 15.1. The van der Waals surface area contributed by atoms with E-state index in [9.17, 15) is 0 Å². The Morgan fingerprint density at radius 1 is 1.14 bits per heavy atom. The predicted octanol–water partition coefficient (Wildman–Crippen LogP) is 4.37. The van der Waals surface area contributed by atoms with Gasteiger partial charge < -0.3 is 5.73 Å². The highest BCUT2D eigenvalue weighted by Gasteiger charge is 2.25. The maximum absolute atomic E-state index is 5.94. The molecule has 21 heavy (non-hydrogen) atoms. The zero-order valence-electron chi connectivity index (χ0n) is 15.1. The number of nitrogens with two attached hydrogens (primary N) is 1. The maximum Gasteiger partial charge on any atom is 0.0325 e. The SMILES string of the molecule is CCCN(CC(C)(C)CN)C(C)c1c(C)cc(C)cc1C. The van der Waals surface area contributed by atoms with E-state index in [2.05, 4.69) is 65.5 Å². The standard InChI is InChI=1S/C19H34N2/c1-8-9-21(13-19(6,7)12-20)17(5)18-15(3)10-14(2)11-16(18)4/h10-11,17H,8-9,12-13,20H2,1-7H3. The quantitative estimate of drug-likeness (QED) is 0.808. The Balaban J connectivity index is 3.09. The van der Waals surface area contributed by atoms with E-state index in [-0.39, 0.29) is 5.41 Å². The van der Waals surface area contributed by atoms with Crippen molar-refractivity contribution >= 4 is 0 Å². The van der Waals surface area contributed by atoms with Gasteiger partial charge in [-0.15, -0.1) is 0 Å². The van der Waals surface area contributed by atoms with Gasteiger partial charge in [0.15, 0.2) is 0 Å². The molecule has 2 nitrogen and oxygen atoms in total. The molecule has 0 bridgehead atoms. The van der Waals surface area contributed by atoms with Gasteiger partial charge in [0.25, 0.3) is 0 Å². The molecule has 0 aromatic heterocycles. The van der Waals surface area contributed by atoms with Crippen molar-refractivity contribution in [1.82, 2.24) is 4.90 Å². The third-order valence-corrected chi connectivity index (χ3v) is 4.40. The topological polar surface area (TPSA) is 29.3 Å². The molecule has 0 amide bonds. The van der Waals surface area contributed by atoms with Crippen molar-refractivity contribution in [2.45, 2.75) is 60.9 Å². The van der Waals surface area contributed by atoms with Crippen molar-refractivity contribution in [3.63, 3.8) is 0 Å². The number of nitrogens with zero attached hydrogens (tertiary/aromatic N) is 1. The lowest BCUT2D eigenvalue weighted by atomic mass is 9.89. The van der Waals surface area contributed by atoms with Crippen molar-refractivity contribution in [2.24, 2.45) is 11.1 Å². The molecule has 1 unspecified atom stereocenters. The number of benzene rings is 1. The van der Waals surface area contributed by atoms with Gasteiger partial charge in [0, 0.05) is 12.6 Å². The molecule has 0 aliphatic carbocycles. The van der Waals surface area contributed by atoms with Crippen LogP contribution in [-0.4, -0.2) is 24.5 Å². The lowest BCUT2D eigenvalue weighted by Crippen LogP contribution is -2.40. The Labute approximate surface area is 131 Å². The molecule has 1 aromatic carbocycles. The molecule has 0 heterocycles. The van der Waals surface area contributed by atoms with Crippen molar-refractivity contribution in [3.8, 4) is 0 Å². The molecule has 0 saturated heterocycles. The summed E-state index contributed by atoms with van der Waals surface area (Å²) in [6.45, 7) is 18.7. The van der Waals surface area contributed by atoms with Gasteiger partial charge in [-0.25, -0.2) is 0 Å². The smallest absolute Gasteiger partial charge is 0.0325 e. The molecule has 0 spiro atoms. The van der Waals surface area contributed by atoms with Crippen LogP contribution < -0.4 is 5.73 Å². The highest BCUT2D eigenvalue weighted by Crippen LogP contribution is 2.30. The van der Waals surface area contributed by atoms with Crippen molar-refractivity contribution in [1.29, 1.82) is 0 Å². The second-order valence-electron chi connectivity index (χ2n) is 7.33. The van der Waals surface area contributed by atoms with E-state index in [4.69, 9.17) is 5.73 Å². The van der Waals surface area contributed by atoms with Crippen LogP contribution in [-0.2, 0) is 0 Å². The summed E-state index contributed by atoms with van der Waals surface area (Å²) in [6.07, 6.45) is 1.18. The van der Waals surface area contributed by atoms with E-state index in [1.54, 1.807) is 0 Å². The minimum Gasteiger partial charge on any atom is -0.330 e. The first-order chi connectivity index (χ1) is 9.71. The van der Waals surface area contributed by atoms with Gasteiger partial charge in [-0.05, 0) is 69.3 Å². The van der Waals surface area contributed by atoms with Gasteiger partial charge >= 0.3 is 0 Å². The van der Waals surface area contributed by atoms with Crippen LogP contribution in [0, 0.1) is 26.2 Å². The van der Waals surface area contributed by atoms with E-state index >= 15 is 0 Å². The molecule has 120 valence electrons. The van der Waals surface area contributed by atoms with E-state index in [0.29, 0.717) is 6.04 Å². The van der Waals surface area contributed by atoms with Crippen LogP contribution in [0.1, 0.15) is 62.4 Å². The molecular formula is C19H34N2. The summed E-state index contributed by atoms with van der Waals surface area (Å²) in [5, 5.41) is 0. The lowest BCUT2D eigenvalue weighted by Gasteiger charge is -2.37. The summed E-state index contributed by atoms with van der Waals surface area (Å²) in [5.74, 6) is 0. The first kappa shape index (κ1) is 18.2. The molecule has 0 saturated carbocycles.